The zero-order valence-electron chi connectivity index (χ0n) is 25.3. The van der Waals surface area contributed by atoms with Gasteiger partial charge in [0.15, 0.2) is 0 Å². The number of halogens is 3. The maximum absolute atomic E-state index is 14.7. The van der Waals surface area contributed by atoms with Gasteiger partial charge in [0, 0.05) is 41.0 Å². The van der Waals surface area contributed by atoms with Gasteiger partial charge in [-0.2, -0.15) is 0 Å². The Labute approximate surface area is 269 Å². The van der Waals surface area contributed by atoms with E-state index in [2.05, 4.69) is 29.7 Å². The Morgan fingerprint density at radius 3 is 2.65 bits per heavy atom. The molecule has 2 aliphatic carbocycles. The van der Waals surface area contributed by atoms with E-state index in [9.17, 15) is 14.3 Å². The molecule has 0 spiro atoms. The lowest BCUT2D eigenvalue weighted by atomic mass is 9.66. The van der Waals surface area contributed by atoms with Crippen LogP contribution in [-0.4, -0.2) is 70.8 Å². The summed E-state index contributed by atoms with van der Waals surface area (Å²) in [5.74, 6) is 0.944. The summed E-state index contributed by atoms with van der Waals surface area (Å²) in [4.78, 5) is 23.5. The molecular weight excluding hydrogens is 604 g/mol. The SMILES string of the molecule is Cc1nc(Cc2ccc(Cl)cc2Cl)sc1C1CCN(C[C@H]2CN([C@H](CC3CC3)C(=O)O)C[C@@H]2C2(C)C=CCC(F)C2)CC1. The number of rotatable bonds is 10. The zero-order chi connectivity index (χ0) is 30.3. The van der Waals surface area contributed by atoms with Crippen molar-refractivity contribution < 1.29 is 14.3 Å². The normalized spacial score (nSPS) is 29.7. The van der Waals surface area contributed by atoms with Crippen molar-refractivity contribution in [3.8, 4) is 0 Å². The van der Waals surface area contributed by atoms with Crippen molar-refractivity contribution in [1.29, 1.82) is 0 Å². The van der Waals surface area contributed by atoms with E-state index >= 15 is 0 Å². The summed E-state index contributed by atoms with van der Waals surface area (Å²) < 4.78 is 14.7. The first-order chi connectivity index (χ1) is 20.6. The summed E-state index contributed by atoms with van der Waals surface area (Å²) in [5, 5.41) is 12.6. The molecule has 234 valence electrons. The fourth-order valence-electron chi connectivity index (χ4n) is 8.01. The van der Waals surface area contributed by atoms with Crippen LogP contribution in [0, 0.1) is 30.1 Å². The van der Waals surface area contributed by atoms with Gasteiger partial charge in [-0.25, -0.2) is 9.37 Å². The van der Waals surface area contributed by atoms with Crippen molar-refractivity contribution in [3.05, 3.63) is 61.5 Å². The molecule has 43 heavy (non-hydrogen) atoms. The number of likely N-dealkylation sites (tertiary alicyclic amines) is 2. The number of nitrogens with zero attached hydrogens (tertiary/aromatic N) is 3. The topological polar surface area (TPSA) is 56.7 Å². The maximum atomic E-state index is 14.7. The first-order valence-electron chi connectivity index (χ1n) is 16.0. The summed E-state index contributed by atoms with van der Waals surface area (Å²) >= 11 is 14.3. The number of hydrogen-bond acceptors (Lipinski definition) is 5. The third-order valence-electron chi connectivity index (χ3n) is 10.5. The van der Waals surface area contributed by atoms with Gasteiger partial charge in [-0.15, -0.1) is 11.3 Å². The number of allylic oxidation sites excluding steroid dienone is 2. The molecule has 2 unspecified atom stereocenters. The second-order valence-corrected chi connectivity index (χ2v) is 15.8. The molecule has 2 aromatic rings. The van der Waals surface area contributed by atoms with Gasteiger partial charge in [-0.1, -0.05) is 61.2 Å². The summed E-state index contributed by atoms with van der Waals surface area (Å²) in [6.45, 7) is 8.86. The van der Waals surface area contributed by atoms with Crippen LogP contribution in [0.25, 0.3) is 0 Å². The van der Waals surface area contributed by atoms with Crippen LogP contribution in [0.4, 0.5) is 4.39 Å². The van der Waals surface area contributed by atoms with E-state index in [1.807, 2.05) is 29.5 Å². The number of aromatic nitrogens is 1. The second kappa shape index (κ2) is 13.1. The van der Waals surface area contributed by atoms with Crippen molar-refractivity contribution in [2.75, 3.05) is 32.7 Å². The van der Waals surface area contributed by atoms with E-state index in [0.29, 0.717) is 47.1 Å². The van der Waals surface area contributed by atoms with Crippen LogP contribution in [0.1, 0.15) is 78.9 Å². The Morgan fingerprint density at radius 2 is 1.98 bits per heavy atom. The number of carboxylic acids is 1. The van der Waals surface area contributed by atoms with Crippen molar-refractivity contribution in [3.63, 3.8) is 0 Å². The number of thiazole rings is 1. The second-order valence-electron chi connectivity index (χ2n) is 13.8. The summed E-state index contributed by atoms with van der Waals surface area (Å²) in [6.07, 6.45) is 10.4. The molecule has 2 aliphatic heterocycles. The average molecular weight is 649 g/mol. The van der Waals surface area contributed by atoms with Gasteiger partial charge in [-0.05, 0) is 98.9 Å². The predicted octanol–water partition coefficient (Wildman–Crippen LogP) is 8.02. The minimum Gasteiger partial charge on any atom is -0.480 e. The first kappa shape index (κ1) is 31.5. The molecule has 0 bridgehead atoms. The molecule has 5 atom stereocenters. The van der Waals surface area contributed by atoms with Crippen LogP contribution < -0.4 is 0 Å². The lowest BCUT2D eigenvalue weighted by molar-refractivity contribution is -0.143. The third kappa shape index (κ3) is 7.33. The summed E-state index contributed by atoms with van der Waals surface area (Å²) in [6, 6.07) is 5.23. The fourth-order valence-corrected chi connectivity index (χ4v) is 9.75. The van der Waals surface area contributed by atoms with Gasteiger partial charge < -0.3 is 10.0 Å². The highest BCUT2D eigenvalue weighted by Gasteiger charge is 2.48. The van der Waals surface area contributed by atoms with Gasteiger partial charge in [0.2, 0.25) is 0 Å². The van der Waals surface area contributed by atoms with Gasteiger partial charge in [0.05, 0.1) is 10.7 Å². The van der Waals surface area contributed by atoms with Gasteiger partial charge in [-0.3, -0.25) is 9.69 Å². The first-order valence-corrected chi connectivity index (χ1v) is 17.6. The number of hydrogen-bond donors (Lipinski definition) is 1. The van der Waals surface area contributed by atoms with E-state index in [1.165, 1.54) is 4.88 Å². The molecule has 1 saturated carbocycles. The average Bonchev–Trinajstić information content (AvgIpc) is 3.57. The van der Waals surface area contributed by atoms with E-state index in [0.717, 1.165) is 81.1 Å². The number of alkyl halides is 1. The Hall–Kier alpha value is -1.51. The highest BCUT2D eigenvalue weighted by molar-refractivity contribution is 7.11. The van der Waals surface area contributed by atoms with Crippen LogP contribution in [0.3, 0.4) is 0 Å². The minimum absolute atomic E-state index is 0.235. The predicted molar refractivity (Wildman–Crippen MR) is 173 cm³/mol. The number of benzene rings is 1. The Morgan fingerprint density at radius 1 is 1.21 bits per heavy atom. The summed E-state index contributed by atoms with van der Waals surface area (Å²) in [5.41, 5.74) is 1.94. The Kier molecular flexibility index (Phi) is 9.57. The highest BCUT2D eigenvalue weighted by Crippen LogP contribution is 2.47. The van der Waals surface area contributed by atoms with Crippen LogP contribution in [0.2, 0.25) is 10.0 Å². The zero-order valence-corrected chi connectivity index (χ0v) is 27.6. The molecule has 5 nitrogen and oxygen atoms in total. The number of aliphatic carboxylic acids is 1. The van der Waals surface area contributed by atoms with Crippen molar-refractivity contribution in [1.82, 2.24) is 14.8 Å². The van der Waals surface area contributed by atoms with E-state index in [1.54, 1.807) is 6.07 Å². The van der Waals surface area contributed by atoms with E-state index in [-0.39, 0.29) is 11.3 Å². The molecule has 4 aliphatic rings. The molecule has 0 amide bonds. The minimum atomic E-state index is -0.814. The standard InChI is InChI=1S/C34H44Cl2FN3O2S/c1-21-32(43-31(38-21)15-24-7-8-26(35)16-29(24)36)23-9-12-39(13-10-23)18-25-19-40(30(33(41)42)14-22-5-6-22)20-28(25)34(2)11-3-4-27(37)17-34/h3,7-8,11,16,22-23,25,27-28,30H,4-6,9-10,12-15,17-20H2,1-2H3,(H,41,42)/t25-,27?,28-,30+,34?/m0/s1. The fraction of sp³-hybridized carbons (Fsp3) is 0.647. The number of carbonyl (C=O) groups is 1. The lowest BCUT2D eigenvalue weighted by Gasteiger charge is -2.41. The largest absolute Gasteiger partial charge is 0.480 e. The monoisotopic (exact) mass is 647 g/mol. The number of piperidine rings is 1. The Bertz CT molecular complexity index is 1340. The Balaban J connectivity index is 1.11. The molecule has 9 heteroatoms. The van der Waals surface area contributed by atoms with Gasteiger partial charge in [0.25, 0.3) is 0 Å². The smallest absolute Gasteiger partial charge is 0.320 e. The van der Waals surface area contributed by atoms with Crippen LogP contribution in [-0.2, 0) is 11.2 Å². The van der Waals surface area contributed by atoms with Crippen LogP contribution in [0.5, 0.6) is 0 Å². The van der Waals surface area contributed by atoms with E-state index < -0.39 is 18.2 Å². The molecule has 3 fully saturated rings. The lowest BCUT2D eigenvalue weighted by Crippen LogP contribution is -2.42. The quantitative estimate of drug-likeness (QED) is 0.265. The number of carboxylic acid groups (broad SMARTS) is 1. The molecule has 1 aromatic carbocycles. The van der Waals surface area contributed by atoms with Gasteiger partial charge in [0.1, 0.15) is 12.2 Å². The molecule has 3 heterocycles. The molecular formula is C34H44Cl2FN3O2S. The maximum Gasteiger partial charge on any atom is 0.320 e. The van der Waals surface area contributed by atoms with Crippen LogP contribution in [0.15, 0.2) is 30.4 Å². The highest BCUT2D eigenvalue weighted by atomic mass is 35.5. The molecule has 0 radical (unpaired) electrons. The molecule has 1 N–H and O–H groups in total. The summed E-state index contributed by atoms with van der Waals surface area (Å²) in [7, 11) is 0. The van der Waals surface area contributed by atoms with Crippen molar-refractivity contribution in [2.45, 2.75) is 83.3 Å². The third-order valence-corrected chi connectivity index (χ3v) is 12.4. The molecule has 2 saturated heterocycles. The molecule has 1 aromatic heterocycles. The number of aryl methyl sites for hydroxylation is 1. The van der Waals surface area contributed by atoms with Crippen LogP contribution >= 0.6 is 34.5 Å². The molecule has 6 rings (SSSR count). The van der Waals surface area contributed by atoms with Gasteiger partial charge >= 0.3 is 5.97 Å². The van der Waals surface area contributed by atoms with Crippen molar-refractivity contribution in [2.24, 2.45) is 23.2 Å². The van der Waals surface area contributed by atoms with E-state index in [4.69, 9.17) is 28.2 Å². The van der Waals surface area contributed by atoms with Crippen molar-refractivity contribution >= 4 is 40.5 Å².